The van der Waals surface area contributed by atoms with Crippen molar-refractivity contribution in [3.8, 4) is 0 Å². The van der Waals surface area contributed by atoms with Crippen LogP contribution in [-0.4, -0.2) is 17.1 Å². The second-order valence-corrected chi connectivity index (χ2v) is 6.88. The third-order valence-electron chi connectivity index (χ3n) is 3.62. The van der Waals surface area contributed by atoms with Gasteiger partial charge in [0, 0.05) is 16.1 Å². The van der Waals surface area contributed by atoms with Crippen molar-refractivity contribution in [3.05, 3.63) is 53.6 Å². The van der Waals surface area contributed by atoms with Crippen LogP contribution in [0.15, 0.2) is 47.4 Å². The normalized spacial score (nSPS) is 16.8. The summed E-state index contributed by atoms with van der Waals surface area (Å²) in [7, 11) is 0. The number of carbonyl (C=O) groups is 2. The van der Waals surface area contributed by atoms with Gasteiger partial charge in [0.25, 0.3) is 5.91 Å². The van der Waals surface area contributed by atoms with Gasteiger partial charge < -0.3 is 10.6 Å². The number of benzene rings is 2. The second-order valence-electron chi connectivity index (χ2n) is 5.49. The first-order valence-corrected chi connectivity index (χ1v) is 8.22. The Morgan fingerprint density at radius 2 is 1.96 bits per heavy atom. The van der Waals surface area contributed by atoms with Gasteiger partial charge in [0.15, 0.2) is 0 Å². The average Bonchev–Trinajstić information content (AvgIpc) is 2.55. The number of amides is 2. The summed E-state index contributed by atoms with van der Waals surface area (Å²) in [4.78, 5) is 24.9. The maximum atomic E-state index is 12.7. The number of rotatable bonds is 2. The summed E-state index contributed by atoms with van der Waals surface area (Å²) < 4.78 is 38.2. The number of hydrogen-bond acceptors (Lipinski definition) is 3. The van der Waals surface area contributed by atoms with Crippen molar-refractivity contribution < 1.29 is 22.8 Å². The maximum absolute atomic E-state index is 12.7. The minimum absolute atomic E-state index is 0.0459. The molecule has 4 nitrogen and oxygen atoms in total. The smallest absolute Gasteiger partial charge is 0.324 e. The molecule has 0 radical (unpaired) electrons. The molecular formula is C17H13F3N2O2S. The number of nitrogens with one attached hydrogen (secondary N) is 2. The van der Waals surface area contributed by atoms with Gasteiger partial charge in [0.1, 0.15) is 0 Å². The molecule has 0 spiro atoms. The Balaban J connectivity index is 1.81. The summed E-state index contributed by atoms with van der Waals surface area (Å²) in [5, 5.41) is 4.92. The molecule has 0 aliphatic carbocycles. The summed E-state index contributed by atoms with van der Waals surface area (Å²) in [6, 6.07) is 9.19. The SMILES string of the molecule is CC1Sc2ccc(C(=O)Nc3cccc(C(F)(F)F)c3)cc2NC1=O. The number of thioether (sulfide) groups is 1. The van der Waals surface area contributed by atoms with E-state index in [1.807, 2.05) is 0 Å². The van der Waals surface area contributed by atoms with E-state index in [-0.39, 0.29) is 22.4 Å². The summed E-state index contributed by atoms with van der Waals surface area (Å²) in [5.41, 5.74) is -0.0330. The van der Waals surface area contributed by atoms with Gasteiger partial charge in [0.2, 0.25) is 5.91 Å². The minimum atomic E-state index is -4.48. The number of alkyl halides is 3. The molecule has 2 aromatic rings. The lowest BCUT2D eigenvalue weighted by Gasteiger charge is -2.21. The van der Waals surface area contributed by atoms with Gasteiger partial charge in [-0.25, -0.2) is 0 Å². The van der Waals surface area contributed by atoms with Crippen molar-refractivity contribution >= 4 is 35.0 Å². The number of carbonyl (C=O) groups excluding carboxylic acids is 2. The fourth-order valence-electron chi connectivity index (χ4n) is 2.33. The lowest BCUT2D eigenvalue weighted by Crippen LogP contribution is -2.26. The number of halogens is 3. The fraction of sp³-hybridized carbons (Fsp3) is 0.176. The monoisotopic (exact) mass is 366 g/mol. The Morgan fingerprint density at radius 1 is 1.20 bits per heavy atom. The molecule has 1 heterocycles. The number of anilines is 2. The molecule has 0 saturated carbocycles. The molecule has 1 aliphatic heterocycles. The van der Waals surface area contributed by atoms with Gasteiger partial charge in [-0.15, -0.1) is 11.8 Å². The van der Waals surface area contributed by atoms with E-state index in [0.717, 1.165) is 17.0 Å². The van der Waals surface area contributed by atoms with Crippen molar-refractivity contribution in [1.29, 1.82) is 0 Å². The van der Waals surface area contributed by atoms with Crippen LogP contribution in [-0.2, 0) is 11.0 Å². The van der Waals surface area contributed by atoms with E-state index in [1.165, 1.54) is 30.0 Å². The quantitative estimate of drug-likeness (QED) is 0.829. The van der Waals surface area contributed by atoms with Crippen molar-refractivity contribution in [2.45, 2.75) is 23.2 Å². The van der Waals surface area contributed by atoms with Crippen LogP contribution in [0, 0.1) is 0 Å². The van der Waals surface area contributed by atoms with E-state index < -0.39 is 17.6 Å². The molecule has 0 aromatic heterocycles. The van der Waals surface area contributed by atoms with Crippen molar-refractivity contribution in [2.75, 3.05) is 10.6 Å². The first-order chi connectivity index (χ1) is 11.7. The van der Waals surface area contributed by atoms with Crippen LogP contribution < -0.4 is 10.6 Å². The molecule has 8 heteroatoms. The lowest BCUT2D eigenvalue weighted by atomic mass is 10.1. The zero-order valence-corrected chi connectivity index (χ0v) is 13.8. The van der Waals surface area contributed by atoms with Crippen LogP contribution in [0.2, 0.25) is 0 Å². The average molecular weight is 366 g/mol. The summed E-state index contributed by atoms with van der Waals surface area (Å²) >= 11 is 1.38. The van der Waals surface area contributed by atoms with Crippen LogP contribution >= 0.6 is 11.8 Å². The first kappa shape index (κ1) is 17.3. The molecule has 130 valence electrons. The third kappa shape index (κ3) is 3.79. The molecule has 0 saturated heterocycles. The molecule has 2 amide bonds. The Hall–Kier alpha value is -2.48. The van der Waals surface area contributed by atoms with Crippen molar-refractivity contribution in [2.24, 2.45) is 0 Å². The zero-order valence-electron chi connectivity index (χ0n) is 13.0. The van der Waals surface area contributed by atoms with Crippen LogP contribution in [0.5, 0.6) is 0 Å². The molecule has 25 heavy (non-hydrogen) atoms. The lowest BCUT2D eigenvalue weighted by molar-refractivity contribution is -0.137. The van der Waals surface area contributed by atoms with Gasteiger partial charge in [0.05, 0.1) is 16.5 Å². The molecule has 0 bridgehead atoms. The van der Waals surface area contributed by atoms with Gasteiger partial charge in [-0.1, -0.05) is 6.07 Å². The topological polar surface area (TPSA) is 58.2 Å². The van der Waals surface area contributed by atoms with E-state index >= 15 is 0 Å². The van der Waals surface area contributed by atoms with Crippen molar-refractivity contribution in [3.63, 3.8) is 0 Å². The number of hydrogen-bond donors (Lipinski definition) is 2. The highest BCUT2D eigenvalue weighted by Crippen LogP contribution is 2.36. The standard InChI is InChI=1S/C17H13F3N2O2S/c1-9-15(23)22-13-7-10(5-6-14(13)25-9)16(24)21-12-4-2-3-11(8-12)17(18,19)20/h2-9H,1H3,(H,21,24)(H,22,23). The summed E-state index contributed by atoms with van der Waals surface area (Å²) in [6.45, 7) is 1.77. The van der Waals surface area contributed by atoms with E-state index in [4.69, 9.17) is 0 Å². The molecule has 2 aromatic carbocycles. The molecule has 1 unspecified atom stereocenters. The minimum Gasteiger partial charge on any atom is -0.324 e. The second kappa shape index (κ2) is 6.44. The molecular weight excluding hydrogens is 353 g/mol. The first-order valence-electron chi connectivity index (χ1n) is 7.34. The Kier molecular flexibility index (Phi) is 4.47. The summed E-state index contributed by atoms with van der Waals surface area (Å²) in [5.74, 6) is -0.715. The molecule has 2 N–H and O–H groups in total. The van der Waals surface area contributed by atoms with Gasteiger partial charge in [-0.3, -0.25) is 9.59 Å². The molecule has 0 fully saturated rings. The van der Waals surface area contributed by atoms with E-state index in [2.05, 4.69) is 10.6 Å². The van der Waals surface area contributed by atoms with Gasteiger partial charge in [-0.05, 0) is 43.3 Å². The Labute approximate surface area is 145 Å². The molecule has 3 rings (SSSR count). The van der Waals surface area contributed by atoms with Crippen LogP contribution in [0.4, 0.5) is 24.5 Å². The summed E-state index contributed by atoms with van der Waals surface area (Å²) in [6.07, 6.45) is -4.48. The molecule has 1 aliphatic rings. The fourth-order valence-corrected chi connectivity index (χ4v) is 3.26. The zero-order chi connectivity index (χ0) is 18.2. The maximum Gasteiger partial charge on any atom is 0.416 e. The molecule has 1 atom stereocenters. The highest BCUT2D eigenvalue weighted by atomic mass is 32.2. The highest BCUT2D eigenvalue weighted by Gasteiger charge is 2.30. The van der Waals surface area contributed by atoms with Gasteiger partial charge >= 0.3 is 6.18 Å². The predicted octanol–water partition coefficient (Wildman–Crippen LogP) is 4.39. The van der Waals surface area contributed by atoms with Gasteiger partial charge in [-0.2, -0.15) is 13.2 Å². The Bertz CT molecular complexity index is 852. The predicted molar refractivity (Wildman–Crippen MR) is 89.8 cm³/mol. The van der Waals surface area contributed by atoms with E-state index in [9.17, 15) is 22.8 Å². The van der Waals surface area contributed by atoms with E-state index in [1.54, 1.807) is 19.1 Å². The van der Waals surface area contributed by atoms with E-state index in [0.29, 0.717) is 5.69 Å². The van der Waals surface area contributed by atoms with Crippen LogP contribution in [0.25, 0.3) is 0 Å². The highest BCUT2D eigenvalue weighted by molar-refractivity contribution is 8.00. The Morgan fingerprint density at radius 3 is 2.68 bits per heavy atom. The number of fused-ring (bicyclic) bond motifs is 1. The van der Waals surface area contributed by atoms with Crippen molar-refractivity contribution in [1.82, 2.24) is 0 Å². The largest absolute Gasteiger partial charge is 0.416 e. The van der Waals surface area contributed by atoms with Crippen LogP contribution in [0.3, 0.4) is 0 Å². The van der Waals surface area contributed by atoms with Crippen LogP contribution in [0.1, 0.15) is 22.8 Å². The third-order valence-corrected chi connectivity index (χ3v) is 4.80.